The number of anilines is 1. The van der Waals surface area contributed by atoms with Crippen LogP contribution in [0.5, 0.6) is 0 Å². The number of nitrogens with two attached hydrogens (primary N) is 1. The van der Waals surface area contributed by atoms with Gasteiger partial charge in [0.2, 0.25) is 18.2 Å². The second-order valence-electron chi connectivity index (χ2n) is 8.51. The molecule has 0 spiro atoms. The van der Waals surface area contributed by atoms with E-state index in [1.165, 1.54) is 0 Å². The van der Waals surface area contributed by atoms with Crippen LogP contribution in [-0.2, 0) is 32.2 Å². The van der Waals surface area contributed by atoms with E-state index in [1.54, 1.807) is 35.2 Å². The van der Waals surface area contributed by atoms with Gasteiger partial charge >= 0.3 is 0 Å². The molecule has 35 heavy (non-hydrogen) atoms. The van der Waals surface area contributed by atoms with E-state index < -0.39 is 5.41 Å². The molecule has 1 saturated heterocycles. The number of carbonyl (C=O) groups excluding carboxylic acids is 3. The van der Waals surface area contributed by atoms with Crippen LogP contribution in [0.1, 0.15) is 30.9 Å². The first kappa shape index (κ1) is 26.9. The highest BCUT2D eigenvalue weighted by Crippen LogP contribution is 2.33. The number of halogens is 2. The maximum absolute atomic E-state index is 13.4. The summed E-state index contributed by atoms with van der Waals surface area (Å²) in [5, 5.41) is 5.03. The molecule has 188 valence electrons. The molecule has 2 aromatic carbocycles. The van der Waals surface area contributed by atoms with Crippen molar-refractivity contribution < 1.29 is 19.2 Å². The highest BCUT2D eigenvalue weighted by Gasteiger charge is 2.43. The van der Waals surface area contributed by atoms with Gasteiger partial charge in [-0.25, -0.2) is 0 Å². The van der Waals surface area contributed by atoms with Crippen molar-refractivity contribution in [2.75, 3.05) is 31.3 Å². The number of hydrogen-bond acceptors (Lipinski definition) is 5. The summed E-state index contributed by atoms with van der Waals surface area (Å²) in [5.74, 6) is -0.408. The number of amides is 3. The highest BCUT2D eigenvalue weighted by atomic mass is 35.5. The van der Waals surface area contributed by atoms with Crippen LogP contribution in [0.15, 0.2) is 42.5 Å². The lowest BCUT2D eigenvalue weighted by atomic mass is 9.78. The second kappa shape index (κ2) is 12.4. The van der Waals surface area contributed by atoms with E-state index >= 15 is 0 Å². The maximum Gasteiger partial charge on any atom is 0.238 e. The van der Waals surface area contributed by atoms with Crippen LogP contribution in [0.4, 0.5) is 5.69 Å². The zero-order valence-corrected chi connectivity index (χ0v) is 21.1. The molecule has 3 N–H and O–H groups in total. The Bertz CT molecular complexity index is 1040. The summed E-state index contributed by atoms with van der Waals surface area (Å²) in [7, 11) is 0. The minimum absolute atomic E-state index is 0.0356. The Balaban J connectivity index is 1.74. The number of hydrogen-bond donors (Lipinski definition) is 2. The highest BCUT2D eigenvalue weighted by molar-refractivity contribution is 6.35. The van der Waals surface area contributed by atoms with E-state index in [-0.39, 0.29) is 31.5 Å². The van der Waals surface area contributed by atoms with Crippen molar-refractivity contribution in [3.8, 4) is 0 Å². The maximum atomic E-state index is 13.4. The average molecular weight is 521 g/mol. The van der Waals surface area contributed by atoms with E-state index in [2.05, 4.69) is 5.32 Å². The molecule has 1 heterocycles. The SMILES string of the molecule is CCc1ccc(N(C=O)OCC2(C(=O)NCc3ccc(Cl)cc3Cl)CCN(C(=O)CN)CC2)cc1. The zero-order valence-electron chi connectivity index (χ0n) is 19.6. The van der Waals surface area contributed by atoms with Crippen LogP contribution >= 0.6 is 23.2 Å². The standard InChI is InChI=1S/C25H30Cl2N4O4/c1-2-18-3-7-21(8-4-18)31(17-32)35-16-25(9-11-30(12-10-25)23(33)14-28)24(34)29-15-19-5-6-20(26)13-22(19)27/h3-8,13,17H,2,9-12,14-16,28H2,1H3,(H,29,34). The molecular formula is C25H30Cl2N4O4. The quantitative estimate of drug-likeness (QED) is 0.369. The molecule has 0 aromatic heterocycles. The Morgan fingerprint density at radius 1 is 1.17 bits per heavy atom. The molecule has 0 radical (unpaired) electrons. The average Bonchev–Trinajstić information content (AvgIpc) is 2.88. The van der Waals surface area contributed by atoms with Crippen molar-refractivity contribution in [2.45, 2.75) is 32.7 Å². The van der Waals surface area contributed by atoms with Crippen LogP contribution < -0.4 is 16.1 Å². The van der Waals surface area contributed by atoms with Crippen molar-refractivity contribution in [1.29, 1.82) is 0 Å². The minimum Gasteiger partial charge on any atom is -0.351 e. The lowest BCUT2D eigenvalue weighted by Gasteiger charge is -2.40. The molecular weight excluding hydrogens is 491 g/mol. The third-order valence-electron chi connectivity index (χ3n) is 6.36. The monoisotopic (exact) mass is 520 g/mol. The first-order valence-electron chi connectivity index (χ1n) is 11.5. The molecule has 0 bridgehead atoms. The predicted molar refractivity (Wildman–Crippen MR) is 136 cm³/mol. The van der Waals surface area contributed by atoms with Gasteiger partial charge in [0.05, 0.1) is 24.3 Å². The number of nitrogens with zero attached hydrogens (tertiary/aromatic N) is 2. The molecule has 10 heteroatoms. The van der Waals surface area contributed by atoms with Crippen molar-refractivity contribution in [1.82, 2.24) is 10.2 Å². The summed E-state index contributed by atoms with van der Waals surface area (Å²) in [6, 6.07) is 12.5. The lowest BCUT2D eigenvalue weighted by Crippen LogP contribution is -2.53. The molecule has 1 aliphatic heterocycles. The molecule has 3 rings (SSSR count). The van der Waals surface area contributed by atoms with Crippen LogP contribution in [0, 0.1) is 5.41 Å². The molecule has 0 unspecified atom stereocenters. The number of piperidine rings is 1. The van der Waals surface area contributed by atoms with Crippen molar-refractivity contribution in [3.63, 3.8) is 0 Å². The van der Waals surface area contributed by atoms with Gasteiger partial charge in [-0.3, -0.25) is 19.2 Å². The molecule has 1 fully saturated rings. The fraction of sp³-hybridized carbons (Fsp3) is 0.400. The van der Waals surface area contributed by atoms with Crippen molar-refractivity contribution >= 4 is 47.1 Å². The number of rotatable bonds is 10. The number of nitrogens with one attached hydrogen (secondary N) is 1. The van der Waals surface area contributed by atoms with Crippen LogP contribution in [0.3, 0.4) is 0 Å². The van der Waals surface area contributed by atoms with Gasteiger partial charge in [-0.15, -0.1) is 0 Å². The molecule has 0 aliphatic carbocycles. The minimum atomic E-state index is -0.950. The van der Waals surface area contributed by atoms with Gasteiger partial charge in [-0.1, -0.05) is 48.3 Å². The summed E-state index contributed by atoms with van der Waals surface area (Å²) in [4.78, 5) is 44.8. The first-order valence-corrected chi connectivity index (χ1v) is 12.2. The number of hydroxylamine groups is 1. The van der Waals surface area contributed by atoms with Gasteiger partial charge in [0.15, 0.2) is 0 Å². The predicted octanol–water partition coefficient (Wildman–Crippen LogP) is 3.33. The summed E-state index contributed by atoms with van der Waals surface area (Å²) in [5.41, 5.74) is 6.98. The van der Waals surface area contributed by atoms with E-state index in [0.29, 0.717) is 48.1 Å². The van der Waals surface area contributed by atoms with Gasteiger partial charge < -0.3 is 16.0 Å². The Labute approximate surface area is 215 Å². The molecule has 0 atom stereocenters. The van der Waals surface area contributed by atoms with Crippen molar-refractivity contribution in [3.05, 3.63) is 63.6 Å². The number of benzene rings is 2. The second-order valence-corrected chi connectivity index (χ2v) is 9.35. The Morgan fingerprint density at radius 3 is 2.43 bits per heavy atom. The third kappa shape index (κ3) is 6.73. The van der Waals surface area contributed by atoms with Gasteiger partial charge in [-0.2, -0.15) is 5.06 Å². The topological polar surface area (TPSA) is 105 Å². The number of aryl methyl sites for hydroxylation is 1. The Kier molecular flexibility index (Phi) is 9.51. The fourth-order valence-corrected chi connectivity index (χ4v) is 4.49. The first-order chi connectivity index (χ1) is 16.8. The van der Waals surface area contributed by atoms with Crippen LogP contribution in [-0.4, -0.2) is 49.4 Å². The molecule has 2 aromatic rings. The molecule has 1 aliphatic rings. The summed E-state index contributed by atoms with van der Waals surface area (Å²) >= 11 is 12.2. The van der Waals surface area contributed by atoms with Crippen LogP contribution in [0.2, 0.25) is 10.0 Å². The number of carbonyl (C=O) groups is 3. The van der Waals surface area contributed by atoms with E-state index in [9.17, 15) is 14.4 Å². The van der Waals surface area contributed by atoms with E-state index in [1.807, 2.05) is 19.1 Å². The molecule has 0 saturated carbocycles. The van der Waals surface area contributed by atoms with E-state index in [4.69, 9.17) is 33.8 Å². The van der Waals surface area contributed by atoms with E-state index in [0.717, 1.165) is 22.6 Å². The normalized spacial score (nSPS) is 14.9. The van der Waals surface area contributed by atoms with Crippen molar-refractivity contribution in [2.24, 2.45) is 11.1 Å². The fourth-order valence-electron chi connectivity index (χ4n) is 4.02. The van der Waals surface area contributed by atoms with Gasteiger partial charge in [0, 0.05) is 29.7 Å². The summed E-state index contributed by atoms with van der Waals surface area (Å²) in [6.07, 6.45) is 2.18. The Morgan fingerprint density at radius 2 is 1.86 bits per heavy atom. The molecule has 8 nitrogen and oxygen atoms in total. The zero-order chi connectivity index (χ0) is 25.4. The van der Waals surface area contributed by atoms with Gasteiger partial charge in [0.1, 0.15) is 0 Å². The smallest absolute Gasteiger partial charge is 0.238 e. The summed E-state index contributed by atoms with van der Waals surface area (Å²) < 4.78 is 0. The van der Waals surface area contributed by atoms with Gasteiger partial charge in [-0.05, 0) is 54.7 Å². The van der Waals surface area contributed by atoms with Gasteiger partial charge in [0.25, 0.3) is 0 Å². The lowest BCUT2D eigenvalue weighted by molar-refractivity contribution is -0.145. The van der Waals surface area contributed by atoms with Crippen LogP contribution in [0.25, 0.3) is 0 Å². The number of likely N-dealkylation sites (tertiary alicyclic amines) is 1. The molecule has 3 amide bonds. The Hall–Kier alpha value is -2.65. The summed E-state index contributed by atoms with van der Waals surface area (Å²) in [6.45, 7) is 2.85. The third-order valence-corrected chi connectivity index (χ3v) is 6.95. The largest absolute Gasteiger partial charge is 0.351 e.